The molecule has 4 nitrogen and oxygen atoms in total. The first-order valence-electron chi connectivity index (χ1n) is 7.85. The van der Waals surface area contributed by atoms with Gasteiger partial charge in [0.2, 0.25) is 5.91 Å². The lowest BCUT2D eigenvalue weighted by atomic mass is 10.0. The van der Waals surface area contributed by atoms with Gasteiger partial charge in [-0.3, -0.25) is 10.1 Å². The molecule has 1 amide bonds. The molecule has 0 aromatic heterocycles. The molecule has 0 radical (unpaired) electrons. The van der Waals surface area contributed by atoms with Gasteiger partial charge in [-0.25, -0.2) is 0 Å². The fourth-order valence-corrected chi connectivity index (χ4v) is 3.11. The molecule has 2 unspecified atom stereocenters. The SMILES string of the molecule is CC(C)c1ccc(C2NCC(=O)N2CC2CCOC2)cc1. The van der Waals surface area contributed by atoms with Gasteiger partial charge in [0.1, 0.15) is 6.17 Å². The number of carbonyl (C=O) groups is 1. The van der Waals surface area contributed by atoms with E-state index < -0.39 is 0 Å². The Balaban J connectivity index is 1.74. The Labute approximate surface area is 126 Å². The summed E-state index contributed by atoms with van der Waals surface area (Å²) in [6, 6.07) is 8.62. The molecule has 114 valence electrons. The van der Waals surface area contributed by atoms with E-state index in [0.29, 0.717) is 18.4 Å². The molecule has 2 aliphatic heterocycles. The first-order chi connectivity index (χ1) is 10.1. The van der Waals surface area contributed by atoms with Crippen LogP contribution < -0.4 is 5.32 Å². The molecule has 1 aromatic carbocycles. The summed E-state index contributed by atoms with van der Waals surface area (Å²) in [4.78, 5) is 14.1. The minimum Gasteiger partial charge on any atom is -0.381 e. The number of hydrogen-bond acceptors (Lipinski definition) is 3. The van der Waals surface area contributed by atoms with E-state index >= 15 is 0 Å². The van der Waals surface area contributed by atoms with Crippen LogP contribution in [0.2, 0.25) is 0 Å². The topological polar surface area (TPSA) is 41.6 Å². The molecule has 21 heavy (non-hydrogen) atoms. The Bertz CT molecular complexity index is 492. The first-order valence-corrected chi connectivity index (χ1v) is 7.85. The number of rotatable bonds is 4. The van der Waals surface area contributed by atoms with Crippen LogP contribution in [-0.4, -0.2) is 37.1 Å². The highest BCUT2D eigenvalue weighted by Gasteiger charge is 2.33. The van der Waals surface area contributed by atoms with Crippen molar-refractivity contribution in [2.75, 3.05) is 26.3 Å². The molecule has 0 saturated carbocycles. The summed E-state index contributed by atoms with van der Waals surface area (Å²) in [5.41, 5.74) is 2.50. The number of amides is 1. The summed E-state index contributed by atoms with van der Waals surface area (Å²) < 4.78 is 5.43. The number of nitrogens with one attached hydrogen (secondary N) is 1. The molecule has 2 heterocycles. The van der Waals surface area contributed by atoms with Gasteiger partial charge in [0, 0.05) is 19.1 Å². The Morgan fingerprint density at radius 1 is 1.33 bits per heavy atom. The zero-order valence-electron chi connectivity index (χ0n) is 12.8. The van der Waals surface area contributed by atoms with Gasteiger partial charge in [-0.2, -0.15) is 0 Å². The summed E-state index contributed by atoms with van der Waals surface area (Å²) in [6.07, 6.45) is 1.07. The predicted octanol–water partition coefficient (Wildman–Crippen LogP) is 2.28. The van der Waals surface area contributed by atoms with Crippen molar-refractivity contribution in [3.8, 4) is 0 Å². The standard InChI is InChI=1S/C17H24N2O2/c1-12(2)14-3-5-15(6-4-14)17-18-9-16(20)19(17)10-13-7-8-21-11-13/h3-6,12-13,17-18H,7-11H2,1-2H3. The molecule has 2 atom stereocenters. The van der Waals surface area contributed by atoms with Crippen LogP contribution in [0.3, 0.4) is 0 Å². The van der Waals surface area contributed by atoms with E-state index in [0.717, 1.165) is 26.2 Å². The highest BCUT2D eigenvalue weighted by atomic mass is 16.5. The molecular weight excluding hydrogens is 264 g/mol. The van der Waals surface area contributed by atoms with E-state index in [-0.39, 0.29) is 12.1 Å². The second-order valence-corrected chi connectivity index (χ2v) is 6.38. The maximum atomic E-state index is 12.1. The lowest BCUT2D eigenvalue weighted by Gasteiger charge is -2.27. The summed E-state index contributed by atoms with van der Waals surface area (Å²) in [6.45, 7) is 7.22. The average molecular weight is 288 g/mol. The fourth-order valence-electron chi connectivity index (χ4n) is 3.11. The van der Waals surface area contributed by atoms with Crippen LogP contribution >= 0.6 is 0 Å². The van der Waals surface area contributed by atoms with Crippen LogP contribution in [0.5, 0.6) is 0 Å². The Morgan fingerprint density at radius 3 is 2.71 bits per heavy atom. The molecule has 1 aromatic rings. The summed E-state index contributed by atoms with van der Waals surface area (Å²) in [7, 11) is 0. The summed E-state index contributed by atoms with van der Waals surface area (Å²) >= 11 is 0. The van der Waals surface area contributed by atoms with E-state index in [1.54, 1.807) is 0 Å². The van der Waals surface area contributed by atoms with Gasteiger partial charge in [-0.15, -0.1) is 0 Å². The lowest BCUT2D eigenvalue weighted by Crippen LogP contribution is -2.35. The van der Waals surface area contributed by atoms with Gasteiger partial charge in [0.05, 0.1) is 13.2 Å². The average Bonchev–Trinajstić information content (AvgIpc) is 3.11. The number of carbonyl (C=O) groups excluding carboxylic acids is 1. The van der Waals surface area contributed by atoms with Crippen LogP contribution in [0.25, 0.3) is 0 Å². The molecule has 2 aliphatic rings. The van der Waals surface area contributed by atoms with Crippen molar-refractivity contribution in [3.05, 3.63) is 35.4 Å². The number of ether oxygens (including phenoxy) is 1. The second-order valence-electron chi connectivity index (χ2n) is 6.38. The van der Waals surface area contributed by atoms with Crippen LogP contribution in [-0.2, 0) is 9.53 Å². The third kappa shape index (κ3) is 3.11. The molecule has 2 fully saturated rings. The molecule has 1 N–H and O–H groups in total. The zero-order chi connectivity index (χ0) is 14.8. The van der Waals surface area contributed by atoms with Gasteiger partial charge in [0.15, 0.2) is 0 Å². The number of benzene rings is 1. The summed E-state index contributed by atoms with van der Waals surface area (Å²) in [5, 5.41) is 3.33. The second kappa shape index (κ2) is 6.16. The van der Waals surface area contributed by atoms with E-state index in [2.05, 4.69) is 43.4 Å². The molecule has 2 saturated heterocycles. The van der Waals surface area contributed by atoms with Crippen molar-refractivity contribution in [2.45, 2.75) is 32.4 Å². The molecule has 0 aliphatic carbocycles. The van der Waals surface area contributed by atoms with Gasteiger partial charge in [-0.1, -0.05) is 38.1 Å². The van der Waals surface area contributed by atoms with Crippen molar-refractivity contribution in [1.29, 1.82) is 0 Å². The highest BCUT2D eigenvalue weighted by Crippen LogP contribution is 2.27. The fraction of sp³-hybridized carbons (Fsp3) is 0.588. The maximum Gasteiger partial charge on any atom is 0.238 e. The van der Waals surface area contributed by atoms with Gasteiger partial charge < -0.3 is 9.64 Å². The van der Waals surface area contributed by atoms with E-state index in [1.165, 1.54) is 11.1 Å². The Morgan fingerprint density at radius 2 is 2.10 bits per heavy atom. The first kappa shape index (κ1) is 14.5. The van der Waals surface area contributed by atoms with Crippen molar-refractivity contribution in [2.24, 2.45) is 5.92 Å². The van der Waals surface area contributed by atoms with Gasteiger partial charge in [0.25, 0.3) is 0 Å². The van der Waals surface area contributed by atoms with E-state index in [1.807, 2.05) is 4.90 Å². The number of nitrogens with zero attached hydrogens (tertiary/aromatic N) is 1. The monoisotopic (exact) mass is 288 g/mol. The smallest absolute Gasteiger partial charge is 0.238 e. The predicted molar refractivity (Wildman–Crippen MR) is 81.9 cm³/mol. The maximum absolute atomic E-state index is 12.1. The van der Waals surface area contributed by atoms with Crippen LogP contribution in [0.1, 0.15) is 43.5 Å². The molecule has 0 bridgehead atoms. The van der Waals surface area contributed by atoms with Gasteiger partial charge >= 0.3 is 0 Å². The molecule has 0 spiro atoms. The van der Waals surface area contributed by atoms with Crippen molar-refractivity contribution in [3.63, 3.8) is 0 Å². The van der Waals surface area contributed by atoms with Crippen LogP contribution in [0.4, 0.5) is 0 Å². The lowest BCUT2D eigenvalue weighted by molar-refractivity contribution is -0.128. The molecular formula is C17H24N2O2. The zero-order valence-corrected chi connectivity index (χ0v) is 12.8. The van der Waals surface area contributed by atoms with Crippen molar-refractivity contribution < 1.29 is 9.53 Å². The summed E-state index contributed by atoms with van der Waals surface area (Å²) in [5.74, 6) is 1.20. The molecule has 4 heteroatoms. The third-order valence-corrected chi connectivity index (χ3v) is 4.48. The third-order valence-electron chi connectivity index (χ3n) is 4.48. The molecule has 3 rings (SSSR count). The van der Waals surface area contributed by atoms with Crippen LogP contribution in [0.15, 0.2) is 24.3 Å². The van der Waals surface area contributed by atoms with Crippen molar-refractivity contribution >= 4 is 5.91 Å². The Hall–Kier alpha value is -1.39. The van der Waals surface area contributed by atoms with E-state index in [4.69, 9.17) is 4.74 Å². The quantitative estimate of drug-likeness (QED) is 0.924. The van der Waals surface area contributed by atoms with Gasteiger partial charge in [-0.05, 0) is 23.5 Å². The normalized spacial score (nSPS) is 26.0. The largest absolute Gasteiger partial charge is 0.381 e. The number of hydrogen-bond donors (Lipinski definition) is 1. The minimum atomic E-state index is 0.0133. The Kier molecular flexibility index (Phi) is 4.27. The van der Waals surface area contributed by atoms with E-state index in [9.17, 15) is 4.79 Å². The highest BCUT2D eigenvalue weighted by molar-refractivity contribution is 5.81. The van der Waals surface area contributed by atoms with Crippen molar-refractivity contribution in [1.82, 2.24) is 10.2 Å². The minimum absolute atomic E-state index is 0.0133. The van der Waals surface area contributed by atoms with Crippen LogP contribution in [0, 0.1) is 5.92 Å².